The van der Waals surface area contributed by atoms with Crippen LogP contribution in [0.1, 0.15) is 29.2 Å². The fourth-order valence-electron chi connectivity index (χ4n) is 1.79. The molecule has 0 saturated heterocycles. The van der Waals surface area contributed by atoms with E-state index >= 15 is 0 Å². The molecule has 0 aromatic heterocycles. The molecule has 17 heavy (non-hydrogen) atoms. The van der Waals surface area contributed by atoms with Crippen LogP contribution in [0.25, 0.3) is 12.2 Å². The topological polar surface area (TPSA) is 0 Å². The Morgan fingerprint density at radius 3 is 2.29 bits per heavy atom. The quantitative estimate of drug-likeness (QED) is 0.659. The van der Waals surface area contributed by atoms with Gasteiger partial charge in [0.1, 0.15) is 0 Å². The zero-order valence-electron chi connectivity index (χ0n) is 10.5. The Labute approximate surface area is 104 Å². The van der Waals surface area contributed by atoms with Gasteiger partial charge in [0, 0.05) is 0 Å². The van der Waals surface area contributed by atoms with Gasteiger partial charge in [0.2, 0.25) is 0 Å². The molecule has 2 rings (SSSR count). The molecule has 2 aromatic rings. The van der Waals surface area contributed by atoms with Crippen LogP contribution in [-0.2, 0) is 6.42 Å². The smallest absolute Gasteiger partial charge is 0.0254 e. The normalized spacial score (nSPS) is 10.9. The summed E-state index contributed by atoms with van der Waals surface area (Å²) < 4.78 is 0. The number of aryl methyl sites for hydroxylation is 2. The lowest BCUT2D eigenvalue weighted by Crippen LogP contribution is -1.80. The maximum atomic E-state index is 2.24. The molecule has 0 N–H and O–H groups in total. The zero-order valence-corrected chi connectivity index (χ0v) is 10.5. The van der Waals surface area contributed by atoms with Crippen molar-refractivity contribution in [1.82, 2.24) is 0 Å². The standard InChI is InChI=1S/C17H18/c1-3-15-5-4-6-17(13-15)12-11-16-9-7-14(2)8-10-16/h4-13H,3H2,1-2H3/b12-11-. The molecule has 0 saturated carbocycles. The second-order valence-corrected chi connectivity index (χ2v) is 4.34. The maximum absolute atomic E-state index is 2.24. The highest BCUT2D eigenvalue weighted by atomic mass is 14.0. The van der Waals surface area contributed by atoms with E-state index < -0.39 is 0 Å². The first-order valence-electron chi connectivity index (χ1n) is 6.11. The molecular weight excluding hydrogens is 204 g/mol. The Balaban J connectivity index is 2.16. The van der Waals surface area contributed by atoms with Crippen molar-refractivity contribution in [2.45, 2.75) is 20.3 Å². The molecule has 2 aromatic carbocycles. The number of benzene rings is 2. The molecule has 0 fully saturated rings. The molecule has 86 valence electrons. The molecule has 0 heteroatoms. The van der Waals surface area contributed by atoms with Crippen molar-refractivity contribution in [2.24, 2.45) is 0 Å². The summed E-state index contributed by atoms with van der Waals surface area (Å²) in [4.78, 5) is 0. The predicted molar refractivity (Wildman–Crippen MR) is 75.9 cm³/mol. The third-order valence-electron chi connectivity index (χ3n) is 2.90. The molecule has 0 spiro atoms. The van der Waals surface area contributed by atoms with Crippen molar-refractivity contribution in [2.75, 3.05) is 0 Å². The number of hydrogen-bond donors (Lipinski definition) is 0. The fourth-order valence-corrected chi connectivity index (χ4v) is 1.79. The van der Waals surface area contributed by atoms with Crippen LogP contribution in [0.2, 0.25) is 0 Å². The summed E-state index contributed by atoms with van der Waals surface area (Å²) in [5.74, 6) is 0. The lowest BCUT2D eigenvalue weighted by atomic mass is 10.1. The Morgan fingerprint density at radius 1 is 0.882 bits per heavy atom. The summed E-state index contributed by atoms with van der Waals surface area (Å²) in [7, 11) is 0. The summed E-state index contributed by atoms with van der Waals surface area (Å²) in [5, 5.41) is 0. The Hall–Kier alpha value is -1.82. The second-order valence-electron chi connectivity index (χ2n) is 4.34. The maximum Gasteiger partial charge on any atom is -0.0254 e. The van der Waals surface area contributed by atoms with Gasteiger partial charge in [0.15, 0.2) is 0 Å². The minimum absolute atomic E-state index is 1.09. The highest BCUT2D eigenvalue weighted by Crippen LogP contribution is 2.11. The molecule has 0 nitrogen and oxygen atoms in total. The van der Waals surface area contributed by atoms with Crippen molar-refractivity contribution in [1.29, 1.82) is 0 Å². The minimum Gasteiger partial charge on any atom is -0.0614 e. The summed E-state index contributed by atoms with van der Waals surface area (Å²) >= 11 is 0. The van der Waals surface area contributed by atoms with Gasteiger partial charge >= 0.3 is 0 Å². The van der Waals surface area contributed by atoms with Crippen LogP contribution in [0.15, 0.2) is 48.5 Å². The molecule has 0 aliphatic carbocycles. The highest BCUT2D eigenvalue weighted by Gasteiger charge is 1.91. The molecule has 0 heterocycles. The Bertz CT molecular complexity index is 504. The molecule has 0 amide bonds. The van der Waals surface area contributed by atoms with Gasteiger partial charge in [-0.05, 0) is 30.0 Å². The summed E-state index contributed by atoms with van der Waals surface area (Å²) in [6, 6.07) is 17.3. The van der Waals surface area contributed by atoms with Gasteiger partial charge in [-0.15, -0.1) is 0 Å². The molecule has 0 atom stereocenters. The van der Waals surface area contributed by atoms with Crippen molar-refractivity contribution in [3.63, 3.8) is 0 Å². The Morgan fingerprint density at radius 2 is 1.59 bits per heavy atom. The lowest BCUT2D eigenvalue weighted by molar-refractivity contribution is 1.14. The van der Waals surface area contributed by atoms with Crippen molar-refractivity contribution in [3.05, 3.63) is 70.8 Å². The summed E-state index contributed by atoms with van der Waals surface area (Å²) in [6.07, 6.45) is 5.42. The average molecular weight is 222 g/mol. The first-order valence-corrected chi connectivity index (χ1v) is 6.11. The third kappa shape index (κ3) is 3.32. The van der Waals surface area contributed by atoms with Gasteiger partial charge < -0.3 is 0 Å². The van der Waals surface area contributed by atoms with E-state index in [4.69, 9.17) is 0 Å². The monoisotopic (exact) mass is 222 g/mol. The van der Waals surface area contributed by atoms with Gasteiger partial charge in [0.05, 0.1) is 0 Å². The lowest BCUT2D eigenvalue weighted by Gasteiger charge is -1.99. The molecular formula is C17H18. The van der Waals surface area contributed by atoms with E-state index in [-0.39, 0.29) is 0 Å². The SMILES string of the molecule is CCc1cccc(/C=C\c2ccc(C)cc2)c1. The number of rotatable bonds is 3. The average Bonchev–Trinajstić information content (AvgIpc) is 2.38. The molecule has 0 bridgehead atoms. The highest BCUT2D eigenvalue weighted by molar-refractivity contribution is 5.69. The van der Waals surface area contributed by atoms with E-state index in [1.807, 2.05) is 0 Å². The van der Waals surface area contributed by atoms with E-state index in [0.29, 0.717) is 0 Å². The molecule has 0 aliphatic heterocycles. The second kappa shape index (κ2) is 5.49. The molecule has 0 aliphatic rings. The largest absolute Gasteiger partial charge is 0.0614 e. The van der Waals surface area contributed by atoms with Crippen LogP contribution in [0.5, 0.6) is 0 Å². The Kier molecular flexibility index (Phi) is 3.77. The minimum atomic E-state index is 1.09. The van der Waals surface area contributed by atoms with Gasteiger partial charge in [-0.1, -0.05) is 73.2 Å². The van der Waals surface area contributed by atoms with Crippen LogP contribution in [0.4, 0.5) is 0 Å². The van der Waals surface area contributed by atoms with Crippen molar-refractivity contribution in [3.8, 4) is 0 Å². The van der Waals surface area contributed by atoms with E-state index in [1.54, 1.807) is 0 Å². The van der Waals surface area contributed by atoms with Gasteiger partial charge in [-0.25, -0.2) is 0 Å². The first kappa shape index (κ1) is 11.7. The van der Waals surface area contributed by atoms with E-state index in [2.05, 4.69) is 74.5 Å². The fraction of sp³-hybridized carbons (Fsp3) is 0.176. The molecule has 0 radical (unpaired) electrons. The van der Waals surface area contributed by atoms with E-state index in [0.717, 1.165) is 6.42 Å². The van der Waals surface area contributed by atoms with E-state index in [1.165, 1.54) is 22.3 Å². The van der Waals surface area contributed by atoms with E-state index in [9.17, 15) is 0 Å². The van der Waals surface area contributed by atoms with Crippen LogP contribution in [-0.4, -0.2) is 0 Å². The predicted octanol–water partition coefficient (Wildman–Crippen LogP) is 4.73. The van der Waals surface area contributed by atoms with Gasteiger partial charge in [-0.2, -0.15) is 0 Å². The van der Waals surface area contributed by atoms with Crippen molar-refractivity contribution >= 4 is 12.2 Å². The number of hydrogen-bond acceptors (Lipinski definition) is 0. The van der Waals surface area contributed by atoms with Gasteiger partial charge in [0.25, 0.3) is 0 Å². The zero-order chi connectivity index (χ0) is 12.1. The molecule has 0 unspecified atom stereocenters. The summed E-state index contributed by atoms with van der Waals surface area (Å²) in [6.45, 7) is 4.29. The van der Waals surface area contributed by atoms with Gasteiger partial charge in [-0.3, -0.25) is 0 Å². The van der Waals surface area contributed by atoms with Crippen LogP contribution in [0, 0.1) is 6.92 Å². The van der Waals surface area contributed by atoms with Crippen LogP contribution in [0.3, 0.4) is 0 Å². The van der Waals surface area contributed by atoms with Crippen molar-refractivity contribution < 1.29 is 0 Å². The van der Waals surface area contributed by atoms with Crippen LogP contribution >= 0.6 is 0 Å². The summed E-state index contributed by atoms with van der Waals surface area (Å²) in [5.41, 5.74) is 5.20. The van der Waals surface area contributed by atoms with Crippen LogP contribution < -0.4 is 0 Å². The third-order valence-corrected chi connectivity index (χ3v) is 2.90. The first-order chi connectivity index (χ1) is 8.28.